The van der Waals surface area contributed by atoms with Crippen LogP contribution in [0.2, 0.25) is 0 Å². The second-order valence-corrected chi connectivity index (χ2v) is 7.66. The second kappa shape index (κ2) is 10.7. The van der Waals surface area contributed by atoms with Crippen LogP contribution >= 0.6 is 0 Å². The number of hydroxylamine groups is 1. The molecule has 4 rings (SSSR count). The number of pyridine rings is 1. The Morgan fingerprint density at radius 3 is 2.38 bits per heavy atom. The van der Waals surface area contributed by atoms with Crippen molar-refractivity contribution in [2.45, 2.75) is 31.4 Å². The van der Waals surface area contributed by atoms with Gasteiger partial charge in [-0.15, -0.1) is 0 Å². The summed E-state index contributed by atoms with van der Waals surface area (Å²) in [5.41, 5.74) is 3.41. The molecule has 3 aromatic rings. The fourth-order valence-electron chi connectivity index (χ4n) is 4.05. The molecule has 0 aliphatic carbocycles. The van der Waals surface area contributed by atoms with Gasteiger partial charge < -0.3 is 9.30 Å². The van der Waals surface area contributed by atoms with Crippen LogP contribution in [0.5, 0.6) is 0 Å². The Labute approximate surface area is 215 Å². The standard InChI is InChI=1S/C24H23FN2O4.Ho/c25-21-9-7-19(8-10-21)24(12-1-2-14-31-24)20-11-13-27(22(28)15-20)16-17-3-5-18(6-4-17)23(29)26-30;/h3-11,13,15,30H,1-2,12,14,16H2,(H,26,29);. The molecule has 2 heterocycles. The molecule has 1 amide bonds. The van der Waals surface area contributed by atoms with Crippen molar-refractivity contribution in [3.63, 3.8) is 0 Å². The first kappa shape index (κ1) is 24.6. The van der Waals surface area contributed by atoms with Crippen LogP contribution in [-0.4, -0.2) is 22.3 Å². The van der Waals surface area contributed by atoms with Gasteiger partial charge in [0.2, 0.25) is 0 Å². The van der Waals surface area contributed by atoms with E-state index >= 15 is 0 Å². The van der Waals surface area contributed by atoms with Gasteiger partial charge in [0.25, 0.3) is 11.5 Å². The third-order valence-corrected chi connectivity index (χ3v) is 5.72. The molecule has 1 aromatic heterocycles. The van der Waals surface area contributed by atoms with E-state index in [4.69, 9.17) is 9.94 Å². The van der Waals surface area contributed by atoms with Crippen LogP contribution in [0.3, 0.4) is 0 Å². The number of nitrogens with one attached hydrogen (secondary N) is 1. The topological polar surface area (TPSA) is 80.6 Å². The van der Waals surface area contributed by atoms with Crippen molar-refractivity contribution < 1.29 is 56.9 Å². The molecule has 1 radical (unpaired) electrons. The van der Waals surface area contributed by atoms with Gasteiger partial charge >= 0.3 is 0 Å². The van der Waals surface area contributed by atoms with Gasteiger partial charge in [0.1, 0.15) is 11.4 Å². The Balaban J connectivity index is 0.00000289. The summed E-state index contributed by atoms with van der Waals surface area (Å²) in [7, 11) is 0. The molecule has 1 aliphatic rings. The SMILES string of the molecule is O=C(NO)c1ccc(Cn2ccc(C3(c4ccc(F)cc4)CCCCO3)cc2=O)cc1.[Ho]. The molecule has 0 bridgehead atoms. The first-order valence-corrected chi connectivity index (χ1v) is 10.2. The molecule has 1 saturated heterocycles. The zero-order chi connectivity index (χ0) is 21.8. The van der Waals surface area contributed by atoms with Gasteiger partial charge in [-0.3, -0.25) is 14.8 Å². The van der Waals surface area contributed by atoms with Crippen molar-refractivity contribution in [1.82, 2.24) is 10.0 Å². The molecule has 1 unspecified atom stereocenters. The van der Waals surface area contributed by atoms with E-state index < -0.39 is 11.5 Å². The minimum Gasteiger partial charge on any atom is -0.366 e. The molecule has 2 N–H and O–H groups in total. The third-order valence-electron chi connectivity index (χ3n) is 5.72. The number of carbonyl (C=O) groups is 1. The molecule has 8 heteroatoms. The number of halogens is 1. The monoisotopic (exact) mass is 587 g/mol. The van der Waals surface area contributed by atoms with Gasteiger partial charge in [-0.25, -0.2) is 9.87 Å². The van der Waals surface area contributed by atoms with E-state index in [-0.39, 0.29) is 49.1 Å². The number of benzene rings is 2. The summed E-state index contributed by atoms with van der Waals surface area (Å²) in [6.07, 6.45) is 4.35. The van der Waals surface area contributed by atoms with E-state index in [9.17, 15) is 14.0 Å². The van der Waals surface area contributed by atoms with Crippen LogP contribution in [0.1, 0.15) is 46.3 Å². The molecule has 1 fully saturated rings. The Kier molecular flexibility index (Phi) is 8.25. The summed E-state index contributed by atoms with van der Waals surface area (Å²) in [4.78, 5) is 24.3. The smallest absolute Gasteiger partial charge is 0.274 e. The number of carbonyl (C=O) groups excluding carboxylic acids is 1. The Hall–Kier alpha value is -2.03. The average Bonchev–Trinajstić information content (AvgIpc) is 2.81. The molecule has 6 nitrogen and oxygen atoms in total. The molecule has 1 atom stereocenters. The van der Waals surface area contributed by atoms with E-state index in [0.29, 0.717) is 18.7 Å². The van der Waals surface area contributed by atoms with E-state index in [1.165, 1.54) is 12.1 Å². The van der Waals surface area contributed by atoms with Crippen LogP contribution in [0.15, 0.2) is 71.7 Å². The van der Waals surface area contributed by atoms with E-state index in [1.54, 1.807) is 58.7 Å². The summed E-state index contributed by atoms with van der Waals surface area (Å²) in [6.45, 7) is 0.915. The molecule has 171 valence electrons. The maximum Gasteiger partial charge on any atom is 0.274 e. The van der Waals surface area contributed by atoms with Gasteiger partial charge in [0.15, 0.2) is 0 Å². The summed E-state index contributed by atoms with van der Waals surface area (Å²) < 4.78 is 21.2. The maximum atomic E-state index is 13.5. The summed E-state index contributed by atoms with van der Waals surface area (Å²) in [6, 6.07) is 16.4. The number of hydrogen-bond donors (Lipinski definition) is 2. The van der Waals surface area contributed by atoms with Crippen LogP contribution < -0.4 is 11.0 Å². The molecular formula is C24H23FHoN2O4. The van der Waals surface area contributed by atoms with Crippen LogP contribution in [0, 0.1) is 43.6 Å². The molecular weight excluding hydrogens is 564 g/mol. The molecule has 2 aromatic carbocycles. The summed E-state index contributed by atoms with van der Waals surface area (Å²) >= 11 is 0. The minimum atomic E-state index is -0.760. The van der Waals surface area contributed by atoms with Gasteiger partial charge in [0, 0.05) is 62.2 Å². The van der Waals surface area contributed by atoms with Gasteiger partial charge in [-0.2, -0.15) is 0 Å². The van der Waals surface area contributed by atoms with Crippen molar-refractivity contribution in [3.05, 3.63) is 105 Å². The quantitative estimate of drug-likeness (QED) is 0.272. The van der Waals surface area contributed by atoms with E-state index in [2.05, 4.69) is 0 Å². The largest absolute Gasteiger partial charge is 0.366 e. The van der Waals surface area contributed by atoms with Crippen LogP contribution in [0.4, 0.5) is 4.39 Å². The predicted molar refractivity (Wildman–Crippen MR) is 112 cm³/mol. The second-order valence-electron chi connectivity index (χ2n) is 7.66. The summed E-state index contributed by atoms with van der Waals surface area (Å²) in [5.74, 6) is -0.903. The average molecular weight is 587 g/mol. The number of rotatable bonds is 5. The number of aromatic nitrogens is 1. The van der Waals surface area contributed by atoms with Gasteiger partial charge in [-0.1, -0.05) is 24.3 Å². The van der Waals surface area contributed by atoms with Crippen molar-refractivity contribution in [2.24, 2.45) is 0 Å². The molecule has 0 spiro atoms. The van der Waals surface area contributed by atoms with Crippen molar-refractivity contribution in [1.29, 1.82) is 0 Å². The summed E-state index contributed by atoms with van der Waals surface area (Å²) in [5, 5.41) is 8.71. The Bertz CT molecular complexity index is 1120. The predicted octanol–water partition coefficient (Wildman–Crippen LogP) is 3.60. The van der Waals surface area contributed by atoms with Crippen molar-refractivity contribution >= 4 is 5.91 Å². The van der Waals surface area contributed by atoms with Crippen molar-refractivity contribution in [2.75, 3.05) is 6.61 Å². The van der Waals surface area contributed by atoms with Crippen LogP contribution in [0.25, 0.3) is 0 Å². The fraction of sp³-hybridized carbons (Fsp3) is 0.250. The Morgan fingerprint density at radius 1 is 1.06 bits per heavy atom. The first-order chi connectivity index (χ1) is 15.0. The zero-order valence-corrected chi connectivity index (χ0v) is 19.1. The first-order valence-electron chi connectivity index (χ1n) is 10.2. The maximum absolute atomic E-state index is 13.5. The minimum absolute atomic E-state index is 0. The van der Waals surface area contributed by atoms with E-state index in [0.717, 1.165) is 36.0 Å². The van der Waals surface area contributed by atoms with Gasteiger partial charge in [0.05, 0.1) is 6.54 Å². The van der Waals surface area contributed by atoms with Crippen LogP contribution in [-0.2, 0) is 16.9 Å². The molecule has 0 saturated carbocycles. The normalized spacial score (nSPS) is 17.9. The number of nitrogens with zero attached hydrogens (tertiary/aromatic N) is 1. The number of amides is 1. The fourth-order valence-corrected chi connectivity index (χ4v) is 4.05. The zero-order valence-electron chi connectivity index (χ0n) is 17.2. The number of hydrogen-bond acceptors (Lipinski definition) is 4. The van der Waals surface area contributed by atoms with E-state index in [1.807, 2.05) is 6.07 Å². The Morgan fingerprint density at radius 2 is 1.78 bits per heavy atom. The third kappa shape index (κ3) is 5.13. The van der Waals surface area contributed by atoms with Gasteiger partial charge in [-0.05, 0) is 66.3 Å². The van der Waals surface area contributed by atoms with Crippen molar-refractivity contribution in [3.8, 4) is 0 Å². The molecule has 1 aliphatic heterocycles. The number of ether oxygens (including phenoxy) is 1. The molecule has 32 heavy (non-hydrogen) atoms.